The molecule has 0 N–H and O–H groups in total. The van der Waals surface area contributed by atoms with Crippen LogP contribution >= 0.6 is 11.6 Å². The molecule has 0 fully saturated rings. The van der Waals surface area contributed by atoms with Gasteiger partial charge in [-0.05, 0) is 48.6 Å². The molecule has 7 nitrogen and oxygen atoms in total. The molecule has 2 aromatic carbocycles. The standard InChI is InChI=1S/C21H14ClF2NO6/c22-14-4-9-20(18(11-14)25(27)28)29-12-17-6-5-15(30-17)7-8-19(26)13-2-1-3-16(10-13)31-21(23)24/h1-11,21H,12H2/b8-7+. The van der Waals surface area contributed by atoms with E-state index in [1.54, 1.807) is 12.1 Å². The molecule has 0 aliphatic carbocycles. The van der Waals surface area contributed by atoms with E-state index in [1.165, 1.54) is 54.6 Å². The van der Waals surface area contributed by atoms with Crippen molar-refractivity contribution in [3.05, 3.63) is 92.9 Å². The second-order valence-corrected chi connectivity index (χ2v) is 6.50. The van der Waals surface area contributed by atoms with E-state index >= 15 is 0 Å². The van der Waals surface area contributed by atoms with Gasteiger partial charge in [0.1, 0.15) is 23.9 Å². The van der Waals surface area contributed by atoms with Crippen LogP contribution in [0.15, 0.2) is 65.1 Å². The Hall–Kier alpha value is -3.72. The third-order valence-corrected chi connectivity index (χ3v) is 4.15. The number of furan rings is 1. The molecular weight excluding hydrogens is 436 g/mol. The predicted molar refractivity (Wildman–Crippen MR) is 108 cm³/mol. The van der Waals surface area contributed by atoms with Gasteiger partial charge in [0.05, 0.1) is 4.92 Å². The quantitative estimate of drug-likeness (QED) is 0.174. The molecule has 3 aromatic rings. The van der Waals surface area contributed by atoms with Crippen molar-refractivity contribution >= 4 is 29.1 Å². The summed E-state index contributed by atoms with van der Waals surface area (Å²) in [5, 5.41) is 11.3. The number of rotatable bonds is 9. The molecule has 0 radical (unpaired) electrons. The molecule has 0 saturated carbocycles. The molecule has 10 heteroatoms. The highest BCUT2D eigenvalue weighted by atomic mass is 35.5. The van der Waals surface area contributed by atoms with Crippen LogP contribution in [0.1, 0.15) is 21.9 Å². The predicted octanol–water partition coefficient (Wildman–Crippen LogP) is 5.92. The highest BCUT2D eigenvalue weighted by Crippen LogP contribution is 2.30. The number of allylic oxidation sites excluding steroid dienone is 1. The fraction of sp³-hybridized carbons (Fsp3) is 0.0952. The zero-order valence-corrected chi connectivity index (χ0v) is 16.4. The van der Waals surface area contributed by atoms with Crippen molar-refractivity contribution in [2.45, 2.75) is 13.2 Å². The van der Waals surface area contributed by atoms with Crippen LogP contribution in [0.4, 0.5) is 14.5 Å². The highest BCUT2D eigenvalue weighted by Gasteiger charge is 2.16. The zero-order chi connectivity index (χ0) is 22.4. The maximum absolute atomic E-state index is 12.3. The lowest BCUT2D eigenvalue weighted by Gasteiger charge is -2.05. The van der Waals surface area contributed by atoms with E-state index in [-0.39, 0.29) is 34.4 Å². The van der Waals surface area contributed by atoms with Gasteiger partial charge in [-0.3, -0.25) is 14.9 Å². The van der Waals surface area contributed by atoms with E-state index in [2.05, 4.69) is 4.74 Å². The maximum Gasteiger partial charge on any atom is 0.387 e. The van der Waals surface area contributed by atoms with Crippen LogP contribution in [0.2, 0.25) is 5.02 Å². The van der Waals surface area contributed by atoms with Gasteiger partial charge < -0.3 is 13.9 Å². The van der Waals surface area contributed by atoms with Crippen LogP contribution in [0, 0.1) is 10.1 Å². The van der Waals surface area contributed by atoms with Crippen molar-refractivity contribution < 1.29 is 32.4 Å². The lowest BCUT2D eigenvalue weighted by molar-refractivity contribution is -0.385. The Morgan fingerprint density at radius 1 is 1.19 bits per heavy atom. The molecule has 1 aromatic heterocycles. The lowest BCUT2D eigenvalue weighted by atomic mass is 10.1. The highest BCUT2D eigenvalue weighted by molar-refractivity contribution is 6.30. The Kier molecular flexibility index (Phi) is 6.99. The number of hydrogen-bond donors (Lipinski definition) is 0. The molecule has 3 rings (SSSR count). The molecule has 0 aliphatic rings. The van der Waals surface area contributed by atoms with Gasteiger partial charge in [-0.25, -0.2) is 0 Å². The third kappa shape index (κ3) is 6.13. The van der Waals surface area contributed by atoms with Crippen molar-refractivity contribution in [1.82, 2.24) is 0 Å². The number of ketones is 1. The fourth-order valence-electron chi connectivity index (χ4n) is 2.55. The van der Waals surface area contributed by atoms with E-state index in [0.29, 0.717) is 11.5 Å². The normalized spacial score (nSPS) is 11.1. The number of nitrogens with zero attached hydrogens (tertiary/aromatic N) is 1. The largest absolute Gasteiger partial charge is 0.479 e. The van der Waals surface area contributed by atoms with Gasteiger partial charge in [0, 0.05) is 16.7 Å². The molecular formula is C21H14ClF2NO6. The first kappa shape index (κ1) is 22.0. The van der Waals surface area contributed by atoms with Crippen LogP contribution in [-0.4, -0.2) is 17.3 Å². The molecule has 0 spiro atoms. The number of nitro benzene ring substituents is 1. The monoisotopic (exact) mass is 449 g/mol. The topological polar surface area (TPSA) is 91.8 Å². The average Bonchev–Trinajstić information content (AvgIpc) is 3.18. The molecule has 1 heterocycles. The summed E-state index contributed by atoms with van der Waals surface area (Å²) >= 11 is 5.76. The van der Waals surface area contributed by atoms with Crippen LogP contribution in [0.5, 0.6) is 11.5 Å². The molecule has 0 saturated heterocycles. The summed E-state index contributed by atoms with van der Waals surface area (Å²) in [5.74, 6) is 0.166. The van der Waals surface area contributed by atoms with Crippen LogP contribution in [-0.2, 0) is 6.61 Å². The molecule has 0 aliphatic heterocycles. The number of hydrogen-bond acceptors (Lipinski definition) is 6. The van der Waals surface area contributed by atoms with Gasteiger partial charge in [-0.15, -0.1) is 0 Å². The summed E-state index contributed by atoms with van der Waals surface area (Å²) in [6, 6.07) is 12.6. The average molecular weight is 450 g/mol. The van der Waals surface area contributed by atoms with Crippen molar-refractivity contribution in [3.63, 3.8) is 0 Å². The van der Waals surface area contributed by atoms with E-state index in [0.717, 1.165) is 0 Å². The SMILES string of the molecule is O=C(/C=C/c1ccc(COc2ccc(Cl)cc2[N+](=O)[O-])o1)c1cccc(OC(F)F)c1. The maximum atomic E-state index is 12.3. The summed E-state index contributed by atoms with van der Waals surface area (Å²) in [4.78, 5) is 22.7. The Bertz CT molecular complexity index is 1130. The van der Waals surface area contributed by atoms with Crippen molar-refractivity contribution in [1.29, 1.82) is 0 Å². The number of nitro groups is 1. The fourth-order valence-corrected chi connectivity index (χ4v) is 2.71. The Morgan fingerprint density at radius 3 is 2.74 bits per heavy atom. The smallest absolute Gasteiger partial charge is 0.387 e. The lowest BCUT2D eigenvalue weighted by Crippen LogP contribution is -2.03. The Labute approximate surface area is 179 Å². The number of alkyl halides is 2. The van der Waals surface area contributed by atoms with Gasteiger partial charge in [0.25, 0.3) is 0 Å². The summed E-state index contributed by atoms with van der Waals surface area (Å²) in [6.45, 7) is -3.07. The van der Waals surface area contributed by atoms with Crippen LogP contribution in [0.3, 0.4) is 0 Å². The van der Waals surface area contributed by atoms with Gasteiger partial charge in [0.2, 0.25) is 0 Å². The van der Waals surface area contributed by atoms with E-state index in [4.69, 9.17) is 20.8 Å². The van der Waals surface area contributed by atoms with Crippen molar-refractivity contribution in [2.75, 3.05) is 0 Å². The molecule has 0 unspecified atom stereocenters. The number of benzene rings is 2. The van der Waals surface area contributed by atoms with Crippen molar-refractivity contribution in [2.24, 2.45) is 0 Å². The first-order valence-electron chi connectivity index (χ1n) is 8.74. The van der Waals surface area contributed by atoms with E-state index in [9.17, 15) is 23.7 Å². The first-order valence-corrected chi connectivity index (χ1v) is 9.12. The van der Waals surface area contributed by atoms with Crippen LogP contribution in [0.25, 0.3) is 6.08 Å². The Balaban J connectivity index is 1.63. The molecule has 0 amide bonds. The number of ether oxygens (including phenoxy) is 2. The second-order valence-electron chi connectivity index (χ2n) is 6.07. The second kappa shape index (κ2) is 9.86. The van der Waals surface area contributed by atoms with E-state index in [1.807, 2.05) is 0 Å². The van der Waals surface area contributed by atoms with Gasteiger partial charge in [0.15, 0.2) is 11.5 Å². The molecule has 160 valence electrons. The minimum atomic E-state index is -2.99. The summed E-state index contributed by atoms with van der Waals surface area (Å²) < 4.78 is 39.8. The first-order chi connectivity index (χ1) is 14.8. The summed E-state index contributed by atoms with van der Waals surface area (Å²) in [5.41, 5.74) is -0.109. The third-order valence-electron chi connectivity index (χ3n) is 3.91. The van der Waals surface area contributed by atoms with Gasteiger partial charge in [-0.2, -0.15) is 8.78 Å². The minimum absolute atomic E-state index is 0.0315. The Morgan fingerprint density at radius 2 is 2.00 bits per heavy atom. The van der Waals surface area contributed by atoms with Crippen molar-refractivity contribution in [3.8, 4) is 11.5 Å². The zero-order valence-electron chi connectivity index (χ0n) is 15.7. The minimum Gasteiger partial charge on any atom is -0.479 e. The van der Waals surface area contributed by atoms with Crippen LogP contribution < -0.4 is 9.47 Å². The molecule has 31 heavy (non-hydrogen) atoms. The van der Waals surface area contributed by atoms with Gasteiger partial charge >= 0.3 is 12.3 Å². The van der Waals surface area contributed by atoms with Gasteiger partial charge in [-0.1, -0.05) is 23.7 Å². The molecule has 0 atom stereocenters. The van der Waals surface area contributed by atoms with E-state index < -0.39 is 17.3 Å². The summed E-state index contributed by atoms with van der Waals surface area (Å²) in [6.07, 6.45) is 2.62. The number of carbonyl (C=O) groups is 1. The number of halogens is 3. The summed E-state index contributed by atoms with van der Waals surface area (Å²) in [7, 11) is 0. The molecule has 0 bridgehead atoms. The number of carbonyl (C=O) groups excluding carboxylic acids is 1.